The highest BCUT2D eigenvalue weighted by Gasteiger charge is 2.22. The van der Waals surface area contributed by atoms with E-state index in [1.54, 1.807) is 0 Å². The van der Waals surface area contributed by atoms with Crippen LogP contribution in [0, 0.1) is 10.1 Å². The van der Waals surface area contributed by atoms with Gasteiger partial charge in [-0.25, -0.2) is 4.79 Å². The van der Waals surface area contributed by atoms with Crippen molar-refractivity contribution in [2.24, 2.45) is 0 Å². The first-order chi connectivity index (χ1) is 7.10. The van der Waals surface area contributed by atoms with Crippen LogP contribution in [0.1, 0.15) is 10.5 Å². The molecule has 0 amide bonds. The van der Waals surface area contributed by atoms with Gasteiger partial charge in [-0.1, -0.05) is 21.0 Å². The highest BCUT2D eigenvalue weighted by atomic mass is 79.9. The van der Waals surface area contributed by atoms with Gasteiger partial charge in [-0.15, -0.1) is 4.68 Å². The number of esters is 1. The third-order valence-electron chi connectivity index (χ3n) is 1.64. The summed E-state index contributed by atoms with van der Waals surface area (Å²) in [6, 6.07) is 1.09. The number of nitrogens with zero attached hydrogens (tertiary/aromatic N) is 3. The number of hydrogen-bond donors (Lipinski definition) is 0. The van der Waals surface area contributed by atoms with Gasteiger partial charge >= 0.3 is 11.8 Å². The number of rotatable bonds is 4. The Morgan fingerprint density at radius 2 is 2.47 bits per heavy atom. The van der Waals surface area contributed by atoms with Crippen molar-refractivity contribution in [2.45, 2.75) is 6.54 Å². The van der Waals surface area contributed by atoms with Gasteiger partial charge in [0.1, 0.15) is 6.54 Å². The van der Waals surface area contributed by atoms with Crippen LogP contribution in [0.4, 0.5) is 5.82 Å². The van der Waals surface area contributed by atoms with Gasteiger partial charge in [-0.2, -0.15) is 0 Å². The number of methoxy groups -OCH3 is 1. The van der Waals surface area contributed by atoms with Gasteiger partial charge in [0.25, 0.3) is 0 Å². The predicted molar refractivity (Wildman–Crippen MR) is 54.0 cm³/mol. The third-order valence-corrected chi connectivity index (χ3v) is 1.99. The lowest BCUT2D eigenvalue weighted by Gasteiger charge is -1.94. The molecule has 8 heteroatoms. The molecule has 0 aliphatic rings. The molecule has 0 aliphatic heterocycles. The van der Waals surface area contributed by atoms with E-state index >= 15 is 0 Å². The van der Waals surface area contributed by atoms with Gasteiger partial charge in [0, 0.05) is 5.33 Å². The first-order valence-corrected chi connectivity index (χ1v) is 5.08. The number of aromatic nitrogens is 2. The molecule has 0 aromatic carbocycles. The van der Waals surface area contributed by atoms with Crippen LogP contribution in [0.15, 0.2) is 6.07 Å². The van der Waals surface area contributed by atoms with Crippen LogP contribution in [-0.4, -0.2) is 33.1 Å². The average molecular weight is 278 g/mol. The van der Waals surface area contributed by atoms with Gasteiger partial charge < -0.3 is 14.9 Å². The Morgan fingerprint density at radius 3 is 2.93 bits per heavy atom. The molecule has 0 radical (unpaired) electrons. The van der Waals surface area contributed by atoms with Gasteiger partial charge in [0.05, 0.1) is 13.2 Å². The van der Waals surface area contributed by atoms with Crippen LogP contribution in [0.2, 0.25) is 0 Å². The minimum absolute atomic E-state index is 0.0647. The second-order valence-corrected chi connectivity index (χ2v) is 3.34. The van der Waals surface area contributed by atoms with Gasteiger partial charge in [0.15, 0.2) is 5.69 Å². The van der Waals surface area contributed by atoms with Crippen LogP contribution >= 0.6 is 15.9 Å². The monoisotopic (exact) mass is 277 g/mol. The van der Waals surface area contributed by atoms with Gasteiger partial charge in [0.2, 0.25) is 0 Å². The van der Waals surface area contributed by atoms with Gasteiger partial charge in [-0.05, 0) is 4.92 Å². The Kier molecular flexibility index (Phi) is 3.78. The van der Waals surface area contributed by atoms with E-state index in [0.29, 0.717) is 11.9 Å². The summed E-state index contributed by atoms with van der Waals surface area (Å²) in [5, 5.41) is 14.9. The maximum atomic E-state index is 11.1. The summed E-state index contributed by atoms with van der Waals surface area (Å²) < 4.78 is 5.55. The Hall–Kier alpha value is -1.44. The molecule has 0 spiro atoms. The molecule has 0 unspecified atom stereocenters. The highest BCUT2D eigenvalue weighted by molar-refractivity contribution is 9.09. The SMILES string of the molecule is COC(=O)c1cc([N+](=O)[O-])n(CCBr)n1. The maximum Gasteiger partial charge on any atom is 0.360 e. The smallest absolute Gasteiger partial charge is 0.360 e. The van der Waals surface area contributed by atoms with E-state index in [2.05, 4.69) is 25.8 Å². The summed E-state index contributed by atoms with van der Waals surface area (Å²) in [7, 11) is 1.19. The van der Waals surface area contributed by atoms with E-state index in [0.717, 1.165) is 10.7 Å². The maximum absolute atomic E-state index is 11.1. The van der Waals surface area contributed by atoms with Crippen molar-refractivity contribution >= 4 is 27.7 Å². The standard InChI is InChI=1S/C7H8BrN3O4/c1-15-7(12)5-4-6(11(13)14)10(9-5)3-2-8/h4H,2-3H2,1H3. The number of aryl methyl sites for hydroxylation is 1. The lowest BCUT2D eigenvalue weighted by molar-refractivity contribution is -0.392. The van der Waals surface area contributed by atoms with E-state index in [-0.39, 0.29) is 11.5 Å². The molecule has 15 heavy (non-hydrogen) atoms. The Morgan fingerprint density at radius 1 is 1.80 bits per heavy atom. The second-order valence-electron chi connectivity index (χ2n) is 2.55. The zero-order valence-electron chi connectivity index (χ0n) is 7.84. The molecule has 0 saturated carbocycles. The van der Waals surface area contributed by atoms with Crippen molar-refractivity contribution in [1.82, 2.24) is 9.78 Å². The normalized spacial score (nSPS) is 10.0. The molecule has 7 nitrogen and oxygen atoms in total. The van der Waals surface area contributed by atoms with Crippen LogP contribution in [0.3, 0.4) is 0 Å². The summed E-state index contributed by atoms with van der Waals surface area (Å²) in [5.74, 6) is -0.915. The van der Waals surface area contributed by atoms with E-state index in [9.17, 15) is 14.9 Å². The quantitative estimate of drug-likeness (QED) is 0.354. The Balaban J connectivity index is 3.08. The van der Waals surface area contributed by atoms with Crippen molar-refractivity contribution in [1.29, 1.82) is 0 Å². The molecule has 1 rings (SSSR count). The third kappa shape index (κ3) is 2.52. The zero-order valence-corrected chi connectivity index (χ0v) is 9.43. The van der Waals surface area contributed by atoms with Crippen molar-refractivity contribution < 1.29 is 14.5 Å². The number of halogens is 1. The number of alkyl halides is 1. The van der Waals surface area contributed by atoms with E-state index < -0.39 is 10.9 Å². The minimum atomic E-state index is -0.688. The molecule has 0 saturated heterocycles. The largest absolute Gasteiger partial charge is 0.464 e. The molecule has 0 N–H and O–H groups in total. The molecule has 1 aromatic rings. The number of carbonyl (C=O) groups is 1. The first-order valence-electron chi connectivity index (χ1n) is 3.96. The molecule has 1 aromatic heterocycles. The molecule has 0 bridgehead atoms. The summed E-state index contributed by atoms with van der Waals surface area (Å²) >= 11 is 3.13. The molecule has 0 fully saturated rings. The molecular weight excluding hydrogens is 270 g/mol. The molecular formula is C7H8BrN3O4. The number of nitro groups is 1. The van der Waals surface area contributed by atoms with Crippen molar-refractivity contribution in [2.75, 3.05) is 12.4 Å². The average Bonchev–Trinajstić information content (AvgIpc) is 2.61. The molecule has 0 aliphatic carbocycles. The highest BCUT2D eigenvalue weighted by Crippen LogP contribution is 2.14. The fourth-order valence-corrected chi connectivity index (χ4v) is 1.34. The fourth-order valence-electron chi connectivity index (χ4n) is 1.00. The number of hydrogen-bond acceptors (Lipinski definition) is 5. The lowest BCUT2D eigenvalue weighted by atomic mass is 10.4. The van der Waals surface area contributed by atoms with Crippen molar-refractivity contribution in [3.05, 3.63) is 21.9 Å². The number of carbonyl (C=O) groups excluding carboxylic acids is 1. The Labute approximate surface area is 93.3 Å². The van der Waals surface area contributed by atoms with Crippen LogP contribution < -0.4 is 0 Å². The van der Waals surface area contributed by atoms with Crippen molar-refractivity contribution in [3.8, 4) is 0 Å². The van der Waals surface area contributed by atoms with E-state index in [1.807, 2.05) is 0 Å². The second kappa shape index (κ2) is 4.87. The summed E-state index contributed by atoms with van der Waals surface area (Å²) in [4.78, 5) is 21.1. The fraction of sp³-hybridized carbons (Fsp3) is 0.429. The summed E-state index contributed by atoms with van der Waals surface area (Å²) in [6.45, 7) is 0.313. The summed E-state index contributed by atoms with van der Waals surface area (Å²) in [5.41, 5.74) is -0.0647. The van der Waals surface area contributed by atoms with E-state index in [4.69, 9.17) is 0 Å². The van der Waals surface area contributed by atoms with Crippen LogP contribution in [0.25, 0.3) is 0 Å². The topological polar surface area (TPSA) is 87.3 Å². The van der Waals surface area contributed by atoms with Crippen LogP contribution in [-0.2, 0) is 11.3 Å². The van der Waals surface area contributed by atoms with Crippen LogP contribution in [0.5, 0.6) is 0 Å². The van der Waals surface area contributed by atoms with Gasteiger partial charge in [-0.3, -0.25) is 0 Å². The first kappa shape index (κ1) is 11.6. The predicted octanol–water partition coefficient (Wildman–Crippen LogP) is 0.973. The molecule has 0 atom stereocenters. The molecule has 82 valence electrons. The Bertz CT molecular complexity index is 390. The lowest BCUT2D eigenvalue weighted by Crippen LogP contribution is -2.07. The molecule has 1 heterocycles. The number of ether oxygens (including phenoxy) is 1. The zero-order chi connectivity index (χ0) is 11.4. The van der Waals surface area contributed by atoms with Crippen molar-refractivity contribution in [3.63, 3.8) is 0 Å². The summed E-state index contributed by atoms with van der Waals surface area (Å²) in [6.07, 6.45) is 0. The minimum Gasteiger partial charge on any atom is -0.464 e. The van der Waals surface area contributed by atoms with E-state index in [1.165, 1.54) is 7.11 Å².